The van der Waals surface area contributed by atoms with Crippen molar-refractivity contribution in [1.82, 2.24) is 25.2 Å². The first-order valence-electron chi connectivity index (χ1n) is 12.7. The third-order valence-electron chi connectivity index (χ3n) is 7.17. The van der Waals surface area contributed by atoms with Gasteiger partial charge in [0.05, 0.1) is 31.2 Å². The Hall–Kier alpha value is -4.27. The molecule has 0 spiro atoms. The second kappa shape index (κ2) is 10.2. The maximum absolute atomic E-state index is 13.3. The second-order valence-electron chi connectivity index (χ2n) is 10.2. The fourth-order valence-electron chi connectivity index (χ4n) is 5.09. The van der Waals surface area contributed by atoms with Gasteiger partial charge in [-0.3, -0.25) is 0 Å². The number of ether oxygens (including phenoxy) is 2. The van der Waals surface area contributed by atoms with Crippen molar-refractivity contribution in [3.05, 3.63) is 66.5 Å². The number of urea groups is 1. The van der Waals surface area contributed by atoms with Crippen LogP contribution in [0.4, 0.5) is 10.6 Å². The first-order valence-corrected chi connectivity index (χ1v) is 12.7. The average molecular weight is 515 g/mol. The van der Waals surface area contributed by atoms with Crippen LogP contribution in [0.1, 0.15) is 32.4 Å². The predicted molar refractivity (Wildman–Crippen MR) is 149 cm³/mol. The molecule has 2 N–H and O–H groups in total. The average Bonchev–Trinajstić information content (AvgIpc) is 3.37. The number of fused-ring (bicyclic) bond motifs is 1. The molecule has 0 unspecified atom stereocenters. The van der Waals surface area contributed by atoms with Crippen LogP contribution in [0.3, 0.4) is 0 Å². The number of H-pyrrole nitrogens is 1. The number of hydrogen-bond acceptors (Lipinski definition) is 6. The topological polar surface area (TPSA) is 95.6 Å². The third-order valence-corrected chi connectivity index (χ3v) is 7.17. The van der Waals surface area contributed by atoms with Gasteiger partial charge < -0.3 is 29.6 Å². The predicted octanol–water partition coefficient (Wildman–Crippen LogP) is 5.01. The molecule has 1 fully saturated rings. The van der Waals surface area contributed by atoms with Crippen molar-refractivity contribution >= 4 is 22.9 Å². The van der Waals surface area contributed by atoms with E-state index in [4.69, 9.17) is 9.47 Å². The highest BCUT2D eigenvalue weighted by Gasteiger charge is 2.38. The molecule has 4 aromatic rings. The molecule has 2 amide bonds. The minimum Gasteiger partial charge on any atom is -0.497 e. The number of rotatable bonds is 6. The SMILES string of the molecule is COc1cccc(-c2cc3c(N4CCN(C(=O)N[C@@H](C)c5cccc(OC)c5)C(C)(C)C4)ncnc3[nH]2)c1. The summed E-state index contributed by atoms with van der Waals surface area (Å²) in [6.45, 7) is 8.04. The maximum atomic E-state index is 13.3. The lowest BCUT2D eigenvalue weighted by atomic mass is 9.98. The summed E-state index contributed by atoms with van der Waals surface area (Å²) in [6.07, 6.45) is 1.59. The van der Waals surface area contributed by atoms with E-state index in [0.29, 0.717) is 19.6 Å². The molecule has 9 heteroatoms. The largest absolute Gasteiger partial charge is 0.497 e. The molecule has 2 aromatic carbocycles. The zero-order chi connectivity index (χ0) is 26.9. The van der Waals surface area contributed by atoms with Crippen molar-refractivity contribution < 1.29 is 14.3 Å². The van der Waals surface area contributed by atoms with Gasteiger partial charge in [0.15, 0.2) is 0 Å². The molecule has 1 saturated heterocycles. The number of aromatic amines is 1. The molecule has 198 valence electrons. The van der Waals surface area contributed by atoms with Gasteiger partial charge in [-0.05, 0) is 56.7 Å². The molecule has 0 bridgehead atoms. The summed E-state index contributed by atoms with van der Waals surface area (Å²) in [6, 6.07) is 17.5. The van der Waals surface area contributed by atoms with Gasteiger partial charge in [0.25, 0.3) is 0 Å². The molecule has 0 aliphatic carbocycles. The van der Waals surface area contributed by atoms with E-state index in [1.165, 1.54) is 0 Å². The van der Waals surface area contributed by atoms with E-state index in [-0.39, 0.29) is 12.1 Å². The fourth-order valence-corrected chi connectivity index (χ4v) is 5.09. The standard InChI is InChI=1S/C29H34N6O3/c1-19(20-8-6-10-22(14-20)37-4)32-28(36)35-13-12-34(17-29(35,2)3)27-24-16-25(33-26(24)30-18-31-27)21-9-7-11-23(15-21)38-5/h6-11,14-16,18-19H,12-13,17H2,1-5H3,(H,32,36)(H,30,31,33)/t19-/m0/s1. The van der Waals surface area contributed by atoms with Crippen LogP contribution in [0.25, 0.3) is 22.3 Å². The van der Waals surface area contributed by atoms with E-state index in [1.807, 2.05) is 60.4 Å². The van der Waals surface area contributed by atoms with Crippen LogP contribution < -0.4 is 19.7 Å². The lowest BCUT2D eigenvalue weighted by Crippen LogP contribution is -2.63. The van der Waals surface area contributed by atoms with Gasteiger partial charge >= 0.3 is 6.03 Å². The number of aromatic nitrogens is 3. The molecular formula is C29H34N6O3. The smallest absolute Gasteiger partial charge is 0.318 e. The second-order valence-corrected chi connectivity index (χ2v) is 10.2. The summed E-state index contributed by atoms with van der Waals surface area (Å²) >= 11 is 0. The Morgan fingerprint density at radius 1 is 1.03 bits per heavy atom. The molecule has 0 radical (unpaired) electrons. The monoisotopic (exact) mass is 514 g/mol. The number of piperazine rings is 1. The Morgan fingerprint density at radius 2 is 1.76 bits per heavy atom. The molecule has 1 aliphatic heterocycles. The van der Waals surface area contributed by atoms with Crippen LogP contribution in [0.15, 0.2) is 60.9 Å². The van der Waals surface area contributed by atoms with E-state index in [9.17, 15) is 4.79 Å². The van der Waals surface area contributed by atoms with Crippen LogP contribution in [-0.2, 0) is 0 Å². The van der Waals surface area contributed by atoms with Crippen molar-refractivity contribution in [3.63, 3.8) is 0 Å². The quantitative estimate of drug-likeness (QED) is 0.375. The van der Waals surface area contributed by atoms with Gasteiger partial charge in [-0.1, -0.05) is 24.3 Å². The Kier molecular flexibility index (Phi) is 6.84. The molecule has 0 saturated carbocycles. The third kappa shape index (κ3) is 4.96. The van der Waals surface area contributed by atoms with Crippen molar-refractivity contribution in [2.75, 3.05) is 38.8 Å². The van der Waals surface area contributed by atoms with Crippen LogP contribution in [-0.4, -0.2) is 65.3 Å². The summed E-state index contributed by atoms with van der Waals surface area (Å²) in [5.41, 5.74) is 3.32. The first-order chi connectivity index (χ1) is 18.3. The van der Waals surface area contributed by atoms with Crippen LogP contribution in [0, 0.1) is 0 Å². The van der Waals surface area contributed by atoms with Crippen molar-refractivity contribution in [2.24, 2.45) is 0 Å². The lowest BCUT2D eigenvalue weighted by molar-refractivity contribution is 0.121. The lowest BCUT2D eigenvalue weighted by Gasteiger charge is -2.47. The summed E-state index contributed by atoms with van der Waals surface area (Å²) in [4.78, 5) is 30.0. The fraction of sp³-hybridized carbons (Fsp3) is 0.345. The summed E-state index contributed by atoms with van der Waals surface area (Å²) in [7, 11) is 3.30. The molecule has 1 atom stereocenters. The number of nitrogens with zero attached hydrogens (tertiary/aromatic N) is 4. The molecule has 3 heterocycles. The van der Waals surface area contributed by atoms with Crippen LogP contribution in [0.2, 0.25) is 0 Å². The Morgan fingerprint density at radius 3 is 2.50 bits per heavy atom. The molecule has 9 nitrogen and oxygen atoms in total. The highest BCUT2D eigenvalue weighted by Crippen LogP contribution is 2.33. The number of anilines is 1. The van der Waals surface area contributed by atoms with Gasteiger partial charge in [-0.25, -0.2) is 14.8 Å². The van der Waals surface area contributed by atoms with Gasteiger partial charge in [-0.2, -0.15) is 0 Å². The van der Waals surface area contributed by atoms with Gasteiger partial charge in [0.2, 0.25) is 0 Å². The Labute approximate surface area is 222 Å². The minimum atomic E-state index is -0.417. The Balaban J connectivity index is 1.33. The number of hydrogen-bond donors (Lipinski definition) is 2. The van der Waals surface area contributed by atoms with Gasteiger partial charge in [-0.15, -0.1) is 0 Å². The molecule has 38 heavy (non-hydrogen) atoms. The van der Waals surface area contributed by atoms with E-state index >= 15 is 0 Å². The minimum absolute atomic E-state index is 0.0836. The van der Waals surface area contributed by atoms with Crippen molar-refractivity contribution in [1.29, 1.82) is 0 Å². The number of amides is 2. The number of nitrogens with one attached hydrogen (secondary N) is 2. The van der Waals surface area contributed by atoms with Crippen molar-refractivity contribution in [2.45, 2.75) is 32.4 Å². The van der Waals surface area contributed by atoms with Crippen LogP contribution in [0.5, 0.6) is 11.5 Å². The van der Waals surface area contributed by atoms with E-state index in [2.05, 4.69) is 45.1 Å². The van der Waals surface area contributed by atoms with E-state index in [1.54, 1.807) is 20.5 Å². The highest BCUT2D eigenvalue weighted by atomic mass is 16.5. The molecule has 5 rings (SSSR count). The van der Waals surface area contributed by atoms with Gasteiger partial charge in [0.1, 0.15) is 29.3 Å². The molecule has 2 aromatic heterocycles. The number of carbonyl (C=O) groups excluding carboxylic acids is 1. The normalized spacial score (nSPS) is 15.8. The van der Waals surface area contributed by atoms with Crippen molar-refractivity contribution in [3.8, 4) is 22.8 Å². The summed E-state index contributed by atoms with van der Waals surface area (Å²) < 4.78 is 10.7. The molecular weight excluding hydrogens is 480 g/mol. The number of methoxy groups -OCH3 is 2. The Bertz CT molecular complexity index is 1450. The summed E-state index contributed by atoms with van der Waals surface area (Å²) in [5.74, 6) is 2.43. The summed E-state index contributed by atoms with van der Waals surface area (Å²) in [5, 5.41) is 4.11. The maximum Gasteiger partial charge on any atom is 0.318 e. The number of benzene rings is 2. The zero-order valence-electron chi connectivity index (χ0n) is 22.5. The van der Waals surface area contributed by atoms with Gasteiger partial charge in [0, 0.05) is 30.9 Å². The number of carbonyl (C=O) groups is 1. The zero-order valence-corrected chi connectivity index (χ0v) is 22.5. The first kappa shape index (κ1) is 25.4. The van der Waals surface area contributed by atoms with E-state index in [0.717, 1.165) is 45.2 Å². The van der Waals surface area contributed by atoms with Crippen LogP contribution >= 0.6 is 0 Å². The van der Waals surface area contributed by atoms with E-state index < -0.39 is 5.54 Å². The molecule has 1 aliphatic rings. The highest BCUT2D eigenvalue weighted by molar-refractivity contribution is 5.92.